The van der Waals surface area contributed by atoms with Crippen molar-refractivity contribution in [3.8, 4) is 0 Å². The first-order valence-electron chi connectivity index (χ1n) is 8.94. The van der Waals surface area contributed by atoms with Crippen molar-refractivity contribution in [1.29, 1.82) is 0 Å². The van der Waals surface area contributed by atoms with E-state index in [1.54, 1.807) is 0 Å². The van der Waals surface area contributed by atoms with Crippen LogP contribution < -0.4 is 0 Å². The first kappa shape index (κ1) is 20.8. The first-order chi connectivity index (χ1) is 10.7. The Balaban J connectivity index is 2.10. The van der Waals surface area contributed by atoms with E-state index in [1.165, 1.54) is 0 Å². The van der Waals surface area contributed by atoms with Crippen LogP contribution in [-0.4, -0.2) is 87.2 Å². The van der Waals surface area contributed by atoms with E-state index < -0.39 is 0 Å². The van der Waals surface area contributed by atoms with Crippen molar-refractivity contribution in [2.45, 2.75) is 52.2 Å². The Morgan fingerprint density at radius 1 is 0.957 bits per heavy atom. The molecule has 138 valence electrons. The summed E-state index contributed by atoms with van der Waals surface area (Å²) >= 11 is 0. The molecule has 1 rings (SSSR count). The van der Waals surface area contributed by atoms with Gasteiger partial charge in [0.2, 0.25) is 0 Å². The SMILES string of the molecule is CN(CCOC(C)(C)C)CCC(C)(C)OCCN1CCOCC1. The van der Waals surface area contributed by atoms with Gasteiger partial charge in [-0.25, -0.2) is 0 Å². The van der Waals surface area contributed by atoms with Crippen molar-refractivity contribution in [3.63, 3.8) is 0 Å². The molecule has 0 aromatic carbocycles. The van der Waals surface area contributed by atoms with Gasteiger partial charge in [-0.05, 0) is 48.1 Å². The van der Waals surface area contributed by atoms with E-state index in [4.69, 9.17) is 14.2 Å². The molecule has 0 unspecified atom stereocenters. The molecule has 0 N–H and O–H groups in total. The fourth-order valence-electron chi connectivity index (χ4n) is 2.43. The third-order valence-corrected chi connectivity index (χ3v) is 4.11. The summed E-state index contributed by atoms with van der Waals surface area (Å²) in [5.41, 5.74) is -0.131. The molecule has 1 saturated heterocycles. The van der Waals surface area contributed by atoms with Crippen molar-refractivity contribution >= 4 is 0 Å². The van der Waals surface area contributed by atoms with Gasteiger partial charge in [-0.2, -0.15) is 0 Å². The minimum absolute atomic E-state index is 0.0529. The molecule has 1 fully saturated rings. The second kappa shape index (κ2) is 9.94. The van der Waals surface area contributed by atoms with Gasteiger partial charge in [0.05, 0.1) is 37.6 Å². The molecule has 5 nitrogen and oxygen atoms in total. The molecule has 0 atom stereocenters. The Kier molecular flexibility index (Phi) is 9.01. The molecule has 1 aliphatic rings. The van der Waals surface area contributed by atoms with E-state index in [0.29, 0.717) is 0 Å². The molecule has 0 saturated carbocycles. The van der Waals surface area contributed by atoms with Crippen LogP contribution in [-0.2, 0) is 14.2 Å². The Labute approximate surface area is 143 Å². The Morgan fingerprint density at radius 3 is 2.22 bits per heavy atom. The van der Waals surface area contributed by atoms with E-state index in [0.717, 1.165) is 65.6 Å². The van der Waals surface area contributed by atoms with E-state index >= 15 is 0 Å². The smallest absolute Gasteiger partial charge is 0.0639 e. The van der Waals surface area contributed by atoms with Gasteiger partial charge in [-0.3, -0.25) is 4.90 Å². The lowest BCUT2D eigenvalue weighted by Crippen LogP contribution is -2.40. The van der Waals surface area contributed by atoms with Gasteiger partial charge in [-0.1, -0.05) is 0 Å². The summed E-state index contributed by atoms with van der Waals surface area (Å²) in [5, 5.41) is 0. The maximum absolute atomic E-state index is 6.10. The predicted octanol–water partition coefficient (Wildman–Crippen LogP) is 2.25. The lowest BCUT2D eigenvalue weighted by atomic mass is 10.1. The van der Waals surface area contributed by atoms with Crippen molar-refractivity contribution in [2.24, 2.45) is 0 Å². The summed E-state index contributed by atoms with van der Waals surface area (Å²) in [7, 11) is 2.15. The van der Waals surface area contributed by atoms with Crippen molar-refractivity contribution in [3.05, 3.63) is 0 Å². The van der Waals surface area contributed by atoms with Crippen LogP contribution in [0, 0.1) is 0 Å². The van der Waals surface area contributed by atoms with Crippen LogP contribution in [0.25, 0.3) is 0 Å². The average molecular weight is 331 g/mol. The lowest BCUT2D eigenvalue weighted by molar-refractivity contribution is -0.0485. The molecule has 0 aliphatic carbocycles. The number of rotatable bonds is 10. The molecule has 0 amide bonds. The predicted molar refractivity (Wildman–Crippen MR) is 95.1 cm³/mol. The summed E-state index contributed by atoms with van der Waals surface area (Å²) < 4.78 is 17.2. The number of likely N-dealkylation sites (N-methyl/N-ethyl adjacent to an activating group) is 1. The molecule has 0 spiro atoms. The quantitative estimate of drug-likeness (QED) is 0.614. The highest BCUT2D eigenvalue weighted by molar-refractivity contribution is 4.72. The monoisotopic (exact) mass is 330 g/mol. The van der Waals surface area contributed by atoms with Gasteiger partial charge in [0.25, 0.3) is 0 Å². The van der Waals surface area contributed by atoms with Crippen molar-refractivity contribution in [2.75, 3.05) is 66.2 Å². The number of hydrogen-bond acceptors (Lipinski definition) is 5. The van der Waals surface area contributed by atoms with E-state index in [1.807, 2.05) is 0 Å². The first-order valence-corrected chi connectivity index (χ1v) is 8.94. The minimum Gasteiger partial charge on any atom is -0.379 e. The van der Waals surface area contributed by atoms with Gasteiger partial charge in [0, 0.05) is 32.7 Å². The summed E-state index contributed by atoms with van der Waals surface area (Å²) in [4.78, 5) is 4.73. The van der Waals surface area contributed by atoms with Crippen LogP contribution in [0.4, 0.5) is 0 Å². The fraction of sp³-hybridized carbons (Fsp3) is 1.00. The summed E-state index contributed by atoms with van der Waals surface area (Å²) in [6.07, 6.45) is 1.03. The highest BCUT2D eigenvalue weighted by Crippen LogP contribution is 2.15. The van der Waals surface area contributed by atoms with Crippen LogP contribution >= 0.6 is 0 Å². The van der Waals surface area contributed by atoms with E-state index in [9.17, 15) is 0 Å². The van der Waals surface area contributed by atoms with Gasteiger partial charge in [0.1, 0.15) is 0 Å². The van der Waals surface area contributed by atoms with Gasteiger partial charge < -0.3 is 19.1 Å². The summed E-state index contributed by atoms with van der Waals surface area (Å²) in [6.45, 7) is 19.0. The second-order valence-electron chi connectivity index (χ2n) is 8.08. The molecule has 1 heterocycles. The molecule has 23 heavy (non-hydrogen) atoms. The summed E-state index contributed by atoms with van der Waals surface area (Å²) in [5.74, 6) is 0. The highest BCUT2D eigenvalue weighted by atomic mass is 16.5. The van der Waals surface area contributed by atoms with Crippen LogP contribution in [0.3, 0.4) is 0 Å². The number of ether oxygens (including phenoxy) is 3. The third-order valence-electron chi connectivity index (χ3n) is 4.11. The van der Waals surface area contributed by atoms with Gasteiger partial charge in [-0.15, -0.1) is 0 Å². The molecule has 0 aromatic heterocycles. The molecule has 0 aromatic rings. The Hall–Kier alpha value is -0.200. The minimum atomic E-state index is -0.0779. The van der Waals surface area contributed by atoms with E-state index in [-0.39, 0.29) is 11.2 Å². The van der Waals surface area contributed by atoms with Crippen molar-refractivity contribution < 1.29 is 14.2 Å². The molecule has 0 bridgehead atoms. The number of morpholine rings is 1. The lowest BCUT2D eigenvalue weighted by Gasteiger charge is -2.31. The largest absolute Gasteiger partial charge is 0.379 e. The maximum atomic E-state index is 6.10. The maximum Gasteiger partial charge on any atom is 0.0639 e. The highest BCUT2D eigenvalue weighted by Gasteiger charge is 2.20. The molecule has 1 aliphatic heterocycles. The zero-order chi connectivity index (χ0) is 17.3. The second-order valence-corrected chi connectivity index (χ2v) is 8.08. The molecular weight excluding hydrogens is 292 g/mol. The van der Waals surface area contributed by atoms with E-state index in [2.05, 4.69) is 51.5 Å². The Bertz CT molecular complexity index is 310. The Morgan fingerprint density at radius 2 is 1.61 bits per heavy atom. The number of nitrogens with zero attached hydrogens (tertiary/aromatic N) is 2. The fourth-order valence-corrected chi connectivity index (χ4v) is 2.43. The van der Waals surface area contributed by atoms with Crippen molar-refractivity contribution in [1.82, 2.24) is 9.80 Å². The van der Waals surface area contributed by atoms with Crippen LogP contribution in [0.15, 0.2) is 0 Å². The van der Waals surface area contributed by atoms with Crippen LogP contribution in [0.5, 0.6) is 0 Å². The van der Waals surface area contributed by atoms with Gasteiger partial charge in [0.15, 0.2) is 0 Å². The zero-order valence-electron chi connectivity index (χ0n) is 16.2. The normalized spacial score (nSPS) is 17.9. The van der Waals surface area contributed by atoms with Crippen LogP contribution in [0.2, 0.25) is 0 Å². The number of hydrogen-bond donors (Lipinski definition) is 0. The van der Waals surface area contributed by atoms with Gasteiger partial charge >= 0.3 is 0 Å². The third kappa shape index (κ3) is 11.1. The average Bonchev–Trinajstić information content (AvgIpc) is 2.45. The molecule has 5 heteroatoms. The molecular formula is C18H38N2O3. The topological polar surface area (TPSA) is 34.2 Å². The summed E-state index contributed by atoms with van der Waals surface area (Å²) in [6, 6.07) is 0. The zero-order valence-corrected chi connectivity index (χ0v) is 16.2. The molecule has 0 radical (unpaired) electrons. The standard InChI is InChI=1S/C18H38N2O3/c1-17(2,3)22-15-9-19(6)8-7-18(4,5)23-16-12-20-10-13-21-14-11-20/h7-16H2,1-6H3. The van der Waals surface area contributed by atoms with Crippen LogP contribution in [0.1, 0.15) is 41.0 Å².